The second-order valence-electron chi connectivity index (χ2n) is 4.29. The Morgan fingerprint density at radius 3 is 2.58 bits per heavy atom. The van der Waals surface area contributed by atoms with Crippen molar-refractivity contribution < 1.29 is 9.53 Å². The smallest absolute Gasteiger partial charge is 0.340 e. The van der Waals surface area contributed by atoms with E-state index in [0.717, 1.165) is 14.7 Å². The molecule has 98 valence electrons. The molecule has 0 radical (unpaired) electrons. The molecule has 0 aliphatic heterocycles. The third kappa shape index (κ3) is 3.70. The summed E-state index contributed by atoms with van der Waals surface area (Å²) < 4.78 is 6.42. The van der Waals surface area contributed by atoms with Crippen molar-refractivity contribution in [2.45, 2.75) is 13.5 Å². The molecule has 2 aromatic carbocycles. The molecule has 0 aliphatic rings. The van der Waals surface area contributed by atoms with Crippen LogP contribution in [0.4, 0.5) is 5.69 Å². The van der Waals surface area contributed by atoms with Crippen molar-refractivity contribution >= 4 is 34.2 Å². The largest absolute Gasteiger partial charge is 0.457 e. The Labute approximate surface area is 125 Å². The lowest BCUT2D eigenvalue weighted by Gasteiger charge is -2.08. The lowest BCUT2D eigenvalue weighted by molar-refractivity contribution is 0.0474. The molecule has 0 spiro atoms. The monoisotopic (exact) mass is 367 g/mol. The first-order valence-electron chi connectivity index (χ1n) is 5.84. The zero-order valence-electron chi connectivity index (χ0n) is 10.5. The second-order valence-corrected chi connectivity index (χ2v) is 5.54. The first kappa shape index (κ1) is 13.9. The number of hydrogen-bond acceptors (Lipinski definition) is 3. The van der Waals surface area contributed by atoms with Crippen molar-refractivity contribution in [3.63, 3.8) is 0 Å². The number of hydrogen-bond donors (Lipinski definition) is 1. The second kappa shape index (κ2) is 6.06. The average Bonchev–Trinajstić information content (AvgIpc) is 2.40. The number of nitrogens with two attached hydrogens (primary N) is 1. The zero-order chi connectivity index (χ0) is 13.8. The molecule has 2 rings (SSSR count). The van der Waals surface area contributed by atoms with Crippen LogP contribution in [0, 0.1) is 10.5 Å². The number of anilines is 1. The van der Waals surface area contributed by atoms with Crippen molar-refractivity contribution in [3.8, 4) is 0 Å². The maximum absolute atomic E-state index is 12.0. The molecular weight excluding hydrogens is 353 g/mol. The Kier molecular flexibility index (Phi) is 4.42. The van der Waals surface area contributed by atoms with Crippen molar-refractivity contribution in [2.75, 3.05) is 5.73 Å². The molecule has 0 amide bonds. The first-order valence-corrected chi connectivity index (χ1v) is 6.92. The molecule has 2 N–H and O–H groups in total. The number of aryl methyl sites for hydroxylation is 1. The molecule has 3 nitrogen and oxygen atoms in total. The summed E-state index contributed by atoms with van der Waals surface area (Å²) in [5, 5.41) is 0. The van der Waals surface area contributed by atoms with Gasteiger partial charge in [0.05, 0.1) is 5.56 Å². The fourth-order valence-electron chi connectivity index (χ4n) is 1.65. The van der Waals surface area contributed by atoms with Gasteiger partial charge in [-0.15, -0.1) is 0 Å². The fraction of sp³-hybridized carbons (Fsp3) is 0.133. The molecule has 0 bridgehead atoms. The van der Waals surface area contributed by atoms with Gasteiger partial charge in [0.2, 0.25) is 0 Å². The van der Waals surface area contributed by atoms with Gasteiger partial charge in [-0.3, -0.25) is 0 Å². The van der Waals surface area contributed by atoms with Gasteiger partial charge in [0.25, 0.3) is 0 Å². The van der Waals surface area contributed by atoms with Crippen LogP contribution in [0.5, 0.6) is 0 Å². The predicted molar refractivity (Wildman–Crippen MR) is 83.9 cm³/mol. The Balaban J connectivity index is 2.05. The summed E-state index contributed by atoms with van der Waals surface area (Å²) in [4.78, 5) is 12.0. The lowest BCUT2D eigenvalue weighted by Crippen LogP contribution is -2.08. The van der Waals surface area contributed by atoms with E-state index in [-0.39, 0.29) is 12.6 Å². The highest BCUT2D eigenvalue weighted by Crippen LogP contribution is 2.16. The van der Waals surface area contributed by atoms with Gasteiger partial charge in [0.1, 0.15) is 6.61 Å². The van der Waals surface area contributed by atoms with E-state index >= 15 is 0 Å². The van der Waals surface area contributed by atoms with E-state index in [1.807, 2.05) is 37.3 Å². The molecule has 0 aromatic heterocycles. The van der Waals surface area contributed by atoms with Crippen LogP contribution in [0.3, 0.4) is 0 Å². The van der Waals surface area contributed by atoms with Gasteiger partial charge in [-0.05, 0) is 59.3 Å². The highest BCUT2D eigenvalue weighted by atomic mass is 127. The highest BCUT2D eigenvalue weighted by molar-refractivity contribution is 14.1. The minimum absolute atomic E-state index is 0.253. The Hall–Kier alpha value is -1.56. The Morgan fingerprint density at radius 2 is 1.89 bits per heavy atom. The third-order valence-corrected chi connectivity index (χ3v) is 3.43. The number of ether oxygens (including phenoxy) is 1. The number of carbonyl (C=O) groups is 1. The fourth-order valence-corrected chi connectivity index (χ4v) is 2.01. The van der Waals surface area contributed by atoms with Crippen LogP contribution in [-0.2, 0) is 11.3 Å². The molecule has 0 fully saturated rings. The summed E-state index contributed by atoms with van der Waals surface area (Å²) in [5.74, 6) is -0.389. The van der Waals surface area contributed by atoms with Crippen molar-refractivity contribution in [1.82, 2.24) is 0 Å². The number of carbonyl (C=O) groups excluding carboxylic acids is 1. The molecule has 4 heteroatoms. The number of rotatable bonds is 3. The van der Waals surface area contributed by atoms with Gasteiger partial charge in [-0.2, -0.15) is 0 Å². The molecule has 2 aromatic rings. The quantitative estimate of drug-likeness (QED) is 0.513. The van der Waals surface area contributed by atoms with Gasteiger partial charge >= 0.3 is 5.97 Å². The Bertz CT molecular complexity index is 594. The normalized spacial score (nSPS) is 10.2. The van der Waals surface area contributed by atoms with E-state index in [0.29, 0.717) is 11.3 Å². The van der Waals surface area contributed by atoms with Crippen LogP contribution in [0.15, 0.2) is 42.5 Å². The van der Waals surface area contributed by atoms with E-state index in [4.69, 9.17) is 10.5 Å². The van der Waals surface area contributed by atoms with Gasteiger partial charge < -0.3 is 10.5 Å². The molecule has 0 aliphatic carbocycles. The van der Waals surface area contributed by atoms with E-state index < -0.39 is 0 Å². The van der Waals surface area contributed by atoms with Gasteiger partial charge in [0.15, 0.2) is 0 Å². The van der Waals surface area contributed by atoms with Crippen molar-refractivity contribution in [3.05, 3.63) is 62.7 Å². The van der Waals surface area contributed by atoms with Gasteiger partial charge in [-0.25, -0.2) is 4.79 Å². The zero-order valence-corrected chi connectivity index (χ0v) is 12.7. The summed E-state index contributed by atoms with van der Waals surface area (Å²) in [6.07, 6.45) is 0. The molecule has 19 heavy (non-hydrogen) atoms. The summed E-state index contributed by atoms with van der Waals surface area (Å²) in [7, 11) is 0. The number of benzene rings is 2. The minimum atomic E-state index is -0.389. The summed E-state index contributed by atoms with van der Waals surface area (Å²) >= 11 is 2.23. The maximum atomic E-state index is 12.0. The van der Waals surface area contributed by atoms with Crippen molar-refractivity contribution in [1.29, 1.82) is 0 Å². The first-order chi connectivity index (χ1) is 9.06. The van der Waals surface area contributed by atoms with Crippen LogP contribution in [0.2, 0.25) is 0 Å². The van der Waals surface area contributed by atoms with Gasteiger partial charge in [0, 0.05) is 9.26 Å². The topological polar surface area (TPSA) is 52.3 Å². The third-order valence-electron chi connectivity index (χ3n) is 2.71. The van der Waals surface area contributed by atoms with Gasteiger partial charge in [-0.1, -0.05) is 23.8 Å². The average molecular weight is 367 g/mol. The molecule has 0 atom stereocenters. The highest BCUT2D eigenvalue weighted by Gasteiger charge is 2.11. The number of halogens is 1. The maximum Gasteiger partial charge on any atom is 0.340 e. The van der Waals surface area contributed by atoms with E-state index in [1.165, 1.54) is 0 Å². The van der Waals surface area contributed by atoms with E-state index in [9.17, 15) is 4.79 Å². The summed E-state index contributed by atoms with van der Waals surface area (Å²) in [6.45, 7) is 2.17. The Morgan fingerprint density at radius 1 is 1.21 bits per heavy atom. The predicted octanol–water partition coefficient (Wildman–Crippen LogP) is 3.54. The standard InChI is InChI=1S/C15H14INO2/c1-10-2-7-14(17)13(8-10)15(18)19-9-11-3-5-12(16)6-4-11/h2-8H,9,17H2,1H3. The lowest BCUT2D eigenvalue weighted by atomic mass is 10.1. The van der Waals surface area contributed by atoms with Crippen LogP contribution >= 0.6 is 22.6 Å². The van der Waals surface area contributed by atoms with Crippen LogP contribution in [-0.4, -0.2) is 5.97 Å². The van der Waals surface area contributed by atoms with Crippen LogP contribution < -0.4 is 5.73 Å². The number of esters is 1. The minimum Gasteiger partial charge on any atom is -0.457 e. The summed E-state index contributed by atoms with van der Waals surface area (Å²) in [6, 6.07) is 13.2. The SMILES string of the molecule is Cc1ccc(N)c(C(=O)OCc2ccc(I)cc2)c1. The van der Waals surface area contributed by atoms with Crippen molar-refractivity contribution in [2.24, 2.45) is 0 Å². The van der Waals surface area contributed by atoms with E-state index in [1.54, 1.807) is 12.1 Å². The molecular formula is C15H14INO2. The molecule has 0 heterocycles. The molecule has 0 saturated carbocycles. The molecule has 0 saturated heterocycles. The summed E-state index contributed by atoms with van der Waals surface area (Å²) in [5.41, 5.74) is 8.58. The molecule has 0 unspecified atom stereocenters. The van der Waals surface area contributed by atoms with Crippen LogP contribution in [0.25, 0.3) is 0 Å². The number of nitrogen functional groups attached to an aromatic ring is 1. The van der Waals surface area contributed by atoms with Crippen LogP contribution in [0.1, 0.15) is 21.5 Å². The van der Waals surface area contributed by atoms with E-state index in [2.05, 4.69) is 22.6 Å².